The van der Waals surface area contributed by atoms with Gasteiger partial charge in [0.05, 0.1) is 0 Å². The Kier molecular flexibility index (Phi) is 5.45. The van der Waals surface area contributed by atoms with E-state index in [0.717, 1.165) is 33.1 Å². The molecule has 226 valence electrons. The summed E-state index contributed by atoms with van der Waals surface area (Å²) in [6.07, 6.45) is 0. The Hall–Kier alpha value is -6.44. The molecule has 1 aromatic heterocycles. The molecular formula is C48H28O. The van der Waals surface area contributed by atoms with Gasteiger partial charge in [-0.2, -0.15) is 0 Å². The van der Waals surface area contributed by atoms with Crippen LogP contribution >= 0.6 is 0 Å². The number of furan rings is 1. The SMILES string of the molecule is c1ccc(-c2cccc3c2oc2ccc(-c4cccc(-c5cc6c7ccccc7c7cccc8c9ccccc9c(c5)c6c78)c4)cc23)cc1. The van der Waals surface area contributed by atoms with Gasteiger partial charge in [0.15, 0.2) is 0 Å². The normalized spacial score (nSPS) is 12.1. The summed E-state index contributed by atoms with van der Waals surface area (Å²) in [4.78, 5) is 0. The van der Waals surface area contributed by atoms with Crippen molar-refractivity contribution in [1.29, 1.82) is 0 Å². The summed E-state index contributed by atoms with van der Waals surface area (Å²) in [7, 11) is 0. The summed E-state index contributed by atoms with van der Waals surface area (Å²) in [5.41, 5.74) is 8.92. The van der Waals surface area contributed by atoms with E-state index in [9.17, 15) is 0 Å². The lowest BCUT2D eigenvalue weighted by Gasteiger charge is -2.19. The van der Waals surface area contributed by atoms with Crippen LogP contribution in [0.1, 0.15) is 0 Å². The van der Waals surface area contributed by atoms with E-state index in [0.29, 0.717) is 0 Å². The molecule has 0 amide bonds. The molecule has 1 heteroatoms. The highest BCUT2D eigenvalue weighted by atomic mass is 16.3. The fourth-order valence-corrected chi connectivity index (χ4v) is 8.38. The van der Waals surface area contributed by atoms with Crippen LogP contribution in [0, 0.1) is 0 Å². The first-order valence-corrected chi connectivity index (χ1v) is 16.9. The molecule has 0 aliphatic rings. The molecule has 0 bridgehead atoms. The van der Waals surface area contributed by atoms with Crippen LogP contribution in [0.25, 0.3) is 109 Å². The summed E-state index contributed by atoms with van der Waals surface area (Å²) in [5, 5.41) is 15.5. The molecule has 0 spiro atoms. The van der Waals surface area contributed by atoms with Gasteiger partial charge in [-0.3, -0.25) is 0 Å². The molecule has 1 heterocycles. The van der Waals surface area contributed by atoms with Gasteiger partial charge >= 0.3 is 0 Å². The van der Waals surface area contributed by atoms with Gasteiger partial charge in [0.2, 0.25) is 0 Å². The van der Waals surface area contributed by atoms with E-state index in [2.05, 4.69) is 170 Å². The zero-order chi connectivity index (χ0) is 32.1. The third kappa shape index (κ3) is 3.82. The number of hydrogen-bond acceptors (Lipinski definition) is 1. The highest BCUT2D eigenvalue weighted by Crippen LogP contribution is 2.46. The minimum atomic E-state index is 0.907. The molecule has 0 N–H and O–H groups in total. The molecule has 11 rings (SSSR count). The van der Waals surface area contributed by atoms with E-state index < -0.39 is 0 Å². The first-order valence-electron chi connectivity index (χ1n) is 16.9. The number of hydrogen-bond donors (Lipinski definition) is 0. The van der Waals surface area contributed by atoms with Gasteiger partial charge in [-0.25, -0.2) is 0 Å². The van der Waals surface area contributed by atoms with Crippen LogP contribution in [0.3, 0.4) is 0 Å². The average Bonchev–Trinajstić information content (AvgIpc) is 3.56. The van der Waals surface area contributed by atoms with Crippen molar-refractivity contribution >= 4 is 75.8 Å². The highest BCUT2D eigenvalue weighted by Gasteiger charge is 2.18. The zero-order valence-corrected chi connectivity index (χ0v) is 26.6. The van der Waals surface area contributed by atoms with Gasteiger partial charge in [0, 0.05) is 16.3 Å². The Labute approximate surface area is 282 Å². The number of para-hydroxylation sites is 1. The molecular weight excluding hydrogens is 593 g/mol. The second-order valence-corrected chi connectivity index (χ2v) is 13.2. The Morgan fingerprint density at radius 3 is 1.43 bits per heavy atom. The van der Waals surface area contributed by atoms with Gasteiger partial charge in [-0.1, -0.05) is 140 Å². The van der Waals surface area contributed by atoms with E-state index in [1.165, 1.54) is 76.1 Å². The van der Waals surface area contributed by atoms with Crippen LogP contribution in [0.4, 0.5) is 0 Å². The smallest absolute Gasteiger partial charge is 0.143 e. The van der Waals surface area contributed by atoms with Crippen LogP contribution in [0.2, 0.25) is 0 Å². The van der Waals surface area contributed by atoms with Crippen molar-refractivity contribution in [1.82, 2.24) is 0 Å². The molecule has 0 unspecified atom stereocenters. The standard InChI is InChI=1S/C48H28O/c1-2-11-29(12-3-1)34-19-9-22-41-42-26-32(23-24-45(42)49-48(34)41)30-13-8-14-31(25-30)33-27-43-37-17-6-4-15-35(37)39-20-10-21-40-36-16-5-7-18-38(36)44(28-33)47(43)46(39)40/h1-28H. The highest BCUT2D eigenvalue weighted by molar-refractivity contribution is 6.40. The topological polar surface area (TPSA) is 13.1 Å². The Bertz CT molecular complexity index is 2990. The van der Waals surface area contributed by atoms with Crippen LogP contribution in [0.5, 0.6) is 0 Å². The molecule has 0 atom stereocenters. The molecule has 0 saturated carbocycles. The van der Waals surface area contributed by atoms with E-state index in [1.54, 1.807) is 0 Å². The van der Waals surface area contributed by atoms with Crippen molar-refractivity contribution in [2.45, 2.75) is 0 Å². The van der Waals surface area contributed by atoms with Crippen LogP contribution in [0.15, 0.2) is 174 Å². The summed E-state index contributed by atoms with van der Waals surface area (Å²) < 4.78 is 6.49. The second-order valence-electron chi connectivity index (χ2n) is 13.2. The average molecular weight is 621 g/mol. The van der Waals surface area contributed by atoms with Crippen molar-refractivity contribution in [3.63, 3.8) is 0 Å². The zero-order valence-electron chi connectivity index (χ0n) is 26.6. The minimum absolute atomic E-state index is 0.907. The predicted molar refractivity (Wildman–Crippen MR) is 209 cm³/mol. The number of fused-ring (bicyclic) bond motifs is 9. The maximum absolute atomic E-state index is 6.49. The molecule has 11 aromatic rings. The fraction of sp³-hybridized carbons (Fsp3) is 0. The number of rotatable bonds is 3. The van der Waals surface area contributed by atoms with Gasteiger partial charge in [-0.15, -0.1) is 0 Å². The first-order chi connectivity index (χ1) is 24.3. The molecule has 0 aliphatic carbocycles. The summed E-state index contributed by atoms with van der Waals surface area (Å²) in [6.45, 7) is 0. The van der Waals surface area contributed by atoms with Crippen molar-refractivity contribution in [2.24, 2.45) is 0 Å². The van der Waals surface area contributed by atoms with E-state index in [1.807, 2.05) is 0 Å². The van der Waals surface area contributed by atoms with Gasteiger partial charge < -0.3 is 4.42 Å². The second kappa shape index (κ2) is 10.0. The maximum Gasteiger partial charge on any atom is 0.143 e. The van der Waals surface area contributed by atoms with E-state index >= 15 is 0 Å². The van der Waals surface area contributed by atoms with Gasteiger partial charge in [-0.05, 0) is 112 Å². The van der Waals surface area contributed by atoms with Crippen molar-refractivity contribution in [3.8, 4) is 33.4 Å². The quantitative estimate of drug-likeness (QED) is 0.141. The molecule has 49 heavy (non-hydrogen) atoms. The van der Waals surface area contributed by atoms with Crippen LogP contribution in [-0.2, 0) is 0 Å². The first kappa shape index (κ1) is 26.6. The largest absolute Gasteiger partial charge is 0.455 e. The van der Waals surface area contributed by atoms with Crippen LogP contribution in [-0.4, -0.2) is 0 Å². The Balaban J connectivity index is 1.13. The summed E-state index contributed by atoms with van der Waals surface area (Å²) in [6, 6.07) is 62.0. The molecule has 10 aromatic carbocycles. The van der Waals surface area contributed by atoms with Crippen LogP contribution < -0.4 is 0 Å². The lowest BCUT2D eigenvalue weighted by molar-refractivity contribution is 0.670. The summed E-state index contributed by atoms with van der Waals surface area (Å²) >= 11 is 0. The minimum Gasteiger partial charge on any atom is -0.455 e. The Morgan fingerprint density at radius 2 is 0.735 bits per heavy atom. The fourth-order valence-electron chi connectivity index (χ4n) is 8.38. The monoisotopic (exact) mass is 620 g/mol. The maximum atomic E-state index is 6.49. The Morgan fingerprint density at radius 1 is 0.265 bits per heavy atom. The van der Waals surface area contributed by atoms with Crippen molar-refractivity contribution in [3.05, 3.63) is 170 Å². The van der Waals surface area contributed by atoms with E-state index in [4.69, 9.17) is 4.42 Å². The third-order valence-electron chi connectivity index (χ3n) is 10.6. The third-order valence-corrected chi connectivity index (χ3v) is 10.6. The lowest BCUT2D eigenvalue weighted by atomic mass is 9.84. The molecule has 0 radical (unpaired) electrons. The predicted octanol–water partition coefficient (Wildman–Crippen LogP) is 13.8. The van der Waals surface area contributed by atoms with Gasteiger partial charge in [0.25, 0.3) is 0 Å². The molecule has 1 nitrogen and oxygen atoms in total. The number of benzene rings is 10. The van der Waals surface area contributed by atoms with Crippen molar-refractivity contribution < 1.29 is 4.42 Å². The molecule has 0 saturated heterocycles. The van der Waals surface area contributed by atoms with Gasteiger partial charge in [0.1, 0.15) is 11.2 Å². The molecule has 0 fully saturated rings. The van der Waals surface area contributed by atoms with E-state index in [-0.39, 0.29) is 0 Å². The van der Waals surface area contributed by atoms with Crippen molar-refractivity contribution in [2.75, 3.05) is 0 Å². The molecule has 0 aliphatic heterocycles. The summed E-state index contributed by atoms with van der Waals surface area (Å²) in [5.74, 6) is 0. The lowest BCUT2D eigenvalue weighted by Crippen LogP contribution is -1.91.